The number of carbonyl (C=O) groups is 1. The first kappa shape index (κ1) is 17.5. The average molecular weight is 352 g/mol. The molecule has 0 aliphatic heterocycles. The fourth-order valence-corrected chi connectivity index (χ4v) is 2.52. The molecule has 0 radical (unpaired) electrons. The van der Waals surface area contributed by atoms with Crippen molar-refractivity contribution in [2.24, 2.45) is 5.73 Å². The Kier molecular flexibility index (Phi) is 5.48. The second-order valence-electron chi connectivity index (χ2n) is 5.71. The maximum atomic E-state index is 11.2. The molecule has 0 spiro atoms. The Morgan fingerprint density at radius 3 is 2.54 bits per heavy atom. The fourth-order valence-electron chi connectivity index (χ4n) is 2.52. The number of methoxy groups -OCH3 is 1. The molecular formula is C19H20N4O3. The summed E-state index contributed by atoms with van der Waals surface area (Å²) in [5, 5.41) is 4.03. The summed E-state index contributed by atoms with van der Waals surface area (Å²) in [6.45, 7) is 0.824. The van der Waals surface area contributed by atoms with E-state index in [-0.39, 0.29) is 12.3 Å². The molecule has 3 rings (SSSR count). The third-order valence-electron chi connectivity index (χ3n) is 3.89. The zero-order valence-corrected chi connectivity index (χ0v) is 14.5. The van der Waals surface area contributed by atoms with Gasteiger partial charge in [0.1, 0.15) is 5.75 Å². The lowest BCUT2D eigenvalue weighted by molar-refractivity contribution is -0.117. The van der Waals surface area contributed by atoms with E-state index in [9.17, 15) is 4.79 Å². The number of nitrogens with two attached hydrogens (primary N) is 1. The Morgan fingerprint density at radius 2 is 1.88 bits per heavy atom. The third kappa shape index (κ3) is 4.38. The van der Waals surface area contributed by atoms with Crippen LogP contribution in [0.2, 0.25) is 0 Å². The maximum absolute atomic E-state index is 11.2. The van der Waals surface area contributed by atoms with E-state index < -0.39 is 0 Å². The van der Waals surface area contributed by atoms with Crippen LogP contribution >= 0.6 is 0 Å². The van der Waals surface area contributed by atoms with Gasteiger partial charge < -0.3 is 19.9 Å². The van der Waals surface area contributed by atoms with Crippen LogP contribution in [0.1, 0.15) is 12.3 Å². The van der Waals surface area contributed by atoms with Gasteiger partial charge in [-0.3, -0.25) is 4.79 Å². The van der Waals surface area contributed by atoms with E-state index in [0.29, 0.717) is 24.8 Å². The van der Waals surface area contributed by atoms with Gasteiger partial charge in [0.2, 0.25) is 17.6 Å². The van der Waals surface area contributed by atoms with Crippen molar-refractivity contribution in [3.63, 3.8) is 0 Å². The van der Waals surface area contributed by atoms with Crippen molar-refractivity contribution in [3.05, 3.63) is 60.5 Å². The van der Waals surface area contributed by atoms with Crippen LogP contribution in [0.25, 0.3) is 11.4 Å². The number of nitrogens with zero attached hydrogens (tertiary/aromatic N) is 3. The topological polar surface area (TPSA) is 94.5 Å². The van der Waals surface area contributed by atoms with Crippen molar-refractivity contribution in [2.75, 3.05) is 18.6 Å². The molecule has 3 aromatic rings. The van der Waals surface area contributed by atoms with E-state index >= 15 is 0 Å². The van der Waals surface area contributed by atoms with Crippen LogP contribution in [0.3, 0.4) is 0 Å². The lowest BCUT2D eigenvalue weighted by Gasteiger charge is -2.22. The molecule has 7 heteroatoms. The van der Waals surface area contributed by atoms with Crippen LogP contribution in [-0.4, -0.2) is 29.7 Å². The van der Waals surface area contributed by atoms with Crippen LogP contribution in [0, 0.1) is 0 Å². The van der Waals surface area contributed by atoms with E-state index in [1.165, 1.54) is 0 Å². The van der Waals surface area contributed by atoms with Gasteiger partial charge >= 0.3 is 0 Å². The molecule has 2 aromatic carbocycles. The van der Waals surface area contributed by atoms with Crippen LogP contribution in [0.4, 0.5) is 5.69 Å². The van der Waals surface area contributed by atoms with Gasteiger partial charge in [0, 0.05) is 24.2 Å². The smallest absolute Gasteiger partial charge is 0.246 e. The van der Waals surface area contributed by atoms with Crippen molar-refractivity contribution < 1.29 is 14.1 Å². The molecule has 1 heterocycles. The largest absolute Gasteiger partial charge is 0.497 e. The van der Waals surface area contributed by atoms with E-state index in [1.54, 1.807) is 7.11 Å². The lowest BCUT2D eigenvalue weighted by atomic mass is 10.2. The highest BCUT2D eigenvalue weighted by Gasteiger charge is 2.15. The number of hydrogen-bond acceptors (Lipinski definition) is 6. The van der Waals surface area contributed by atoms with Gasteiger partial charge in [-0.15, -0.1) is 0 Å². The first-order chi connectivity index (χ1) is 12.7. The molecule has 1 aromatic heterocycles. The van der Waals surface area contributed by atoms with E-state index in [2.05, 4.69) is 10.1 Å². The summed E-state index contributed by atoms with van der Waals surface area (Å²) in [6, 6.07) is 17.1. The highest BCUT2D eigenvalue weighted by Crippen LogP contribution is 2.22. The molecule has 0 saturated carbocycles. The van der Waals surface area contributed by atoms with Gasteiger partial charge in [-0.25, -0.2) is 0 Å². The average Bonchev–Trinajstić information content (AvgIpc) is 3.14. The number of anilines is 1. The molecule has 0 aliphatic carbocycles. The molecule has 26 heavy (non-hydrogen) atoms. The normalized spacial score (nSPS) is 10.5. The number of aromatic nitrogens is 2. The number of rotatable bonds is 8. The summed E-state index contributed by atoms with van der Waals surface area (Å²) in [4.78, 5) is 17.6. The van der Waals surface area contributed by atoms with Crippen molar-refractivity contribution in [1.29, 1.82) is 0 Å². The van der Waals surface area contributed by atoms with Gasteiger partial charge in [-0.05, 0) is 24.3 Å². The molecular weight excluding hydrogens is 332 g/mol. The Labute approximate surface area is 151 Å². The Balaban J connectivity index is 1.78. The fraction of sp³-hybridized carbons (Fsp3) is 0.211. The molecule has 0 saturated heterocycles. The predicted octanol–water partition coefficient (Wildman–Crippen LogP) is 2.63. The summed E-state index contributed by atoms with van der Waals surface area (Å²) in [5.74, 6) is 1.39. The molecule has 0 aliphatic rings. The Morgan fingerprint density at radius 1 is 1.15 bits per heavy atom. The van der Waals surface area contributed by atoms with E-state index in [4.69, 9.17) is 15.0 Å². The Bertz CT molecular complexity index is 847. The highest BCUT2D eigenvalue weighted by atomic mass is 16.5. The zero-order chi connectivity index (χ0) is 18.4. The summed E-state index contributed by atoms with van der Waals surface area (Å²) >= 11 is 0. The zero-order valence-electron chi connectivity index (χ0n) is 14.5. The van der Waals surface area contributed by atoms with Crippen molar-refractivity contribution in [1.82, 2.24) is 10.1 Å². The highest BCUT2D eigenvalue weighted by molar-refractivity contribution is 5.74. The SMILES string of the molecule is COc1ccc(N(CCC(N)=O)Cc2nc(-c3ccccc3)no2)cc1. The number of benzene rings is 2. The molecule has 1 amide bonds. The van der Waals surface area contributed by atoms with Crippen molar-refractivity contribution in [3.8, 4) is 17.1 Å². The van der Waals surface area contributed by atoms with Crippen LogP contribution in [0.5, 0.6) is 5.75 Å². The molecule has 0 unspecified atom stereocenters. The number of hydrogen-bond donors (Lipinski definition) is 1. The Hall–Kier alpha value is -3.35. The number of primary amides is 1. The number of amides is 1. The quantitative estimate of drug-likeness (QED) is 0.670. The van der Waals surface area contributed by atoms with Gasteiger partial charge in [0.25, 0.3) is 0 Å². The van der Waals surface area contributed by atoms with Crippen molar-refractivity contribution in [2.45, 2.75) is 13.0 Å². The minimum absolute atomic E-state index is 0.228. The molecule has 0 bridgehead atoms. The number of carbonyl (C=O) groups excluding carboxylic acids is 1. The van der Waals surface area contributed by atoms with Crippen LogP contribution in [-0.2, 0) is 11.3 Å². The minimum Gasteiger partial charge on any atom is -0.497 e. The van der Waals surface area contributed by atoms with Crippen LogP contribution in [0.15, 0.2) is 59.1 Å². The monoisotopic (exact) mass is 352 g/mol. The first-order valence-corrected chi connectivity index (χ1v) is 8.21. The predicted molar refractivity (Wildman–Crippen MR) is 97.6 cm³/mol. The standard InChI is InChI=1S/C19H20N4O3/c1-25-16-9-7-15(8-10-16)23(12-11-17(20)24)13-18-21-19(22-26-18)14-5-3-2-4-6-14/h2-10H,11-13H2,1H3,(H2,20,24). The summed E-state index contributed by atoms with van der Waals surface area (Å²) in [5.41, 5.74) is 7.09. The first-order valence-electron chi connectivity index (χ1n) is 8.21. The van der Waals surface area contributed by atoms with Gasteiger partial charge in [-0.2, -0.15) is 4.98 Å². The maximum Gasteiger partial charge on any atom is 0.246 e. The van der Waals surface area contributed by atoms with Gasteiger partial charge in [0.15, 0.2) is 0 Å². The molecule has 2 N–H and O–H groups in total. The lowest BCUT2D eigenvalue weighted by Crippen LogP contribution is -2.27. The van der Waals surface area contributed by atoms with Crippen molar-refractivity contribution >= 4 is 11.6 Å². The molecule has 7 nitrogen and oxygen atoms in total. The molecule has 0 fully saturated rings. The number of ether oxygens (including phenoxy) is 1. The second-order valence-corrected chi connectivity index (χ2v) is 5.71. The molecule has 134 valence electrons. The second kappa shape index (κ2) is 8.15. The van der Waals surface area contributed by atoms with Gasteiger partial charge in [0.05, 0.1) is 13.7 Å². The minimum atomic E-state index is -0.362. The molecule has 0 atom stereocenters. The van der Waals surface area contributed by atoms with Crippen LogP contribution < -0.4 is 15.4 Å². The van der Waals surface area contributed by atoms with E-state index in [1.807, 2.05) is 59.5 Å². The van der Waals surface area contributed by atoms with E-state index in [0.717, 1.165) is 17.0 Å². The summed E-state index contributed by atoms with van der Waals surface area (Å²) in [7, 11) is 1.61. The third-order valence-corrected chi connectivity index (χ3v) is 3.89. The summed E-state index contributed by atoms with van der Waals surface area (Å²) < 4.78 is 10.6. The summed E-state index contributed by atoms with van der Waals surface area (Å²) in [6.07, 6.45) is 0.228. The van der Waals surface area contributed by atoms with Gasteiger partial charge in [-0.1, -0.05) is 35.5 Å².